The minimum absolute atomic E-state index is 0.0929. The maximum Gasteiger partial charge on any atom is 0.347 e. The molecule has 0 amide bonds. The summed E-state index contributed by atoms with van der Waals surface area (Å²) in [5, 5.41) is 10.2. The first-order valence-corrected chi connectivity index (χ1v) is 24.8. The topological polar surface area (TPSA) is 135 Å². The van der Waals surface area contributed by atoms with Crippen LogP contribution in [-0.4, -0.2) is 35.9 Å². The Labute approximate surface area is 394 Å². The lowest BCUT2D eigenvalue weighted by molar-refractivity contribution is -0.270. The first kappa shape index (κ1) is 45.5. The van der Waals surface area contributed by atoms with Crippen LogP contribution in [0.5, 0.6) is 11.5 Å². The zero-order chi connectivity index (χ0) is 46.8. The summed E-state index contributed by atoms with van der Waals surface area (Å²) in [4.78, 5) is 53.6. The second-order valence-corrected chi connectivity index (χ2v) is 21.9. The lowest BCUT2D eigenvalue weighted by atomic mass is 9.42. The van der Waals surface area contributed by atoms with E-state index in [1.807, 2.05) is 24.3 Å². The third-order valence-corrected chi connectivity index (χ3v) is 18.3. The summed E-state index contributed by atoms with van der Waals surface area (Å²) in [7, 11) is 0. The van der Waals surface area contributed by atoms with Crippen molar-refractivity contribution in [1.29, 1.82) is 0 Å². The molecule has 10 heteroatoms. The molecule has 10 nitrogen and oxygen atoms in total. The molecule has 1 N–H and O–H groups in total. The molecule has 67 heavy (non-hydrogen) atoms. The van der Waals surface area contributed by atoms with Crippen molar-refractivity contribution in [1.82, 2.24) is 0 Å². The Bertz CT molecular complexity index is 2560. The van der Waals surface area contributed by atoms with Crippen molar-refractivity contribution in [3.05, 3.63) is 129 Å². The summed E-state index contributed by atoms with van der Waals surface area (Å²) >= 11 is 0. The summed E-state index contributed by atoms with van der Waals surface area (Å²) in [5.41, 5.74) is 4.85. The molecule has 4 aromatic rings. The van der Waals surface area contributed by atoms with Crippen LogP contribution in [0.2, 0.25) is 0 Å². The van der Waals surface area contributed by atoms with E-state index in [9.17, 15) is 24.4 Å². The second-order valence-electron chi connectivity index (χ2n) is 21.9. The van der Waals surface area contributed by atoms with Gasteiger partial charge in [-0.1, -0.05) is 96.3 Å². The molecule has 10 atom stereocenters. The number of hydrogen-bond donors (Lipinski definition) is 1. The molecular formula is C57H64O10. The van der Waals surface area contributed by atoms with Gasteiger partial charge < -0.3 is 18.9 Å². The number of fused-ring (bicyclic) bond motifs is 7. The third kappa shape index (κ3) is 7.90. The first-order chi connectivity index (χ1) is 32.2. The lowest BCUT2D eigenvalue weighted by Crippen LogP contribution is -2.55. The van der Waals surface area contributed by atoms with Gasteiger partial charge in [0, 0.05) is 5.41 Å². The molecule has 0 bridgehead atoms. The fraction of sp³-hybridized carbons (Fsp3) is 0.509. The van der Waals surface area contributed by atoms with Gasteiger partial charge in [-0.25, -0.2) is 24.1 Å². The molecule has 2 aliphatic heterocycles. The van der Waals surface area contributed by atoms with Crippen molar-refractivity contribution in [3.63, 3.8) is 0 Å². The standard InChI is InChI=1S/C57H64O10/c1-33(2)7-6-8-34(3)47-23-24-48-44-21-16-39-31-57(28-27-55(39,4)49(44)25-26-56(47,48)5,37-12-9-35(10-13-37)50(67-62)36-11-20-42-45(29-36)53(60)65-51(42)58)38-14-17-40(18-15-38)63-32-64-41-19-22-43-46(30-41)54(61)66-52(43)59/h9-15,17-20,22,29-30,33-34,39,44,47-50,62H,6-8,16,21,23-28,31-32H2,1-5H3. The molecule has 10 rings (SSSR count). The maximum atomic E-state index is 12.4. The molecule has 0 radical (unpaired) electrons. The minimum Gasteiger partial charge on any atom is -0.458 e. The highest BCUT2D eigenvalue weighted by Gasteiger charge is 2.62. The van der Waals surface area contributed by atoms with Crippen molar-refractivity contribution in [2.24, 2.45) is 52.3 Å². The Hall–Kier alpha value is -5.32. The van der Waals surface area contributed by atoms with E-state index in [-0.39, 0.29) is 39.9 Å². The van der Waals surface area contributed by atoms with Crippen molar-refractivity contribution >= 4 is 23.9 Å². The highest BCUT2D eigenvalue weighted by Crippen LogP contribution is 2.70. The van der Waals surface area contributed by atoms with Crippen LogP contribution in [0.1, 0.15) is 181 Å². The van der Waals surface area contributed by atoms with Gasteiger partial charge in [-0.3, -0.25) is 5.26 Å². The van der Waals surface area contributed by atoms with Gasteiger partial charge in [0.2, 0.25) is 6.79 Å². The third-order valence-electron chi connectivity index (χ3n) is 18.3. The van der Waals surface area contributed by atoms with Crippen LogP contribution in [0.15, 0.2) is 84.9 Å². The largest absolute Gasteiger partial charge is 0.458 e. The van der Waals surface area contributed by atoms with E-state index in [1.54, 1.807) is 24.3 Å². The van der Waals surface area contributed by atoms with Crippen LogP contribution in [-0.2, 0) is 19.8 Å². The molecule has 2 heterocycles. The molecule has 0 spiro atoms. The molecule has 0 aromatic heterocycles. The van der Waals surface area contributed by atoms with E-state index >= 15 is 0 Å². The van der Waals surface area contributed by atoms with Crippen molar-refractivity contribution in [2.45, 2.75) is 123 Å². The normalized spacial score (nSPS) is 30.4. The van der Waals surface area contributed by atoms with Gasteiger partial charge in [-0.2, -0.15) is 0 Å². The van der Waals surface area contributed by atoms with Crippen molar-refractivity contribution in [2.75, 3.05) is 6.79 Å². The first-order valence-electron chi connectivity index (χ1n) is 24.8. The summed E-state index contributed by atoms with van der Waals surface area (Å²) in [6, 6.07) is 26.2. The Morgan fingerprint density at radius 3 is 1.90 bits per heavy atom. The molecule has 6 aliphatic rings. The van der Waals surface area contributed by atoms with Gasteiger partial charge in [-0.05, 0) is 175 Å². The smallest absolute Gasteiger partial charge is 0.347 e. The van der Waals surface area contributed by atoms with Gasteiger partial charge in [-0.15, -0.1) is 0 Å². The van der Waals surface area contributed by atoms with Gasteiger partial charge in [0.15, 0.2) is 0 Å². The number of esters is 4. The predicted octanol–water partition coefficient (Wildman–Crippen LogP) is 12.7. The van der Waals surface area contributed by atoms with E-state index in [4.69, 9.17) is 23.8 Å². The number of rotatable bonds is 14. The average molecular weight is 909 g/mol. The van der Waals surface area contributed by atoms with Crippen LogP contribution in [0.25, 0.3) is 0 Å². The van der Waals surface area contributed by atoms with E-state index < -0.39 is 30.0 Å². The number of benzene rings is 4. The number of carbonyl (C=O) groups is 4. The van der Waals surface area contributed by atoms with Crippen LogP contribution in [0.4, 0.5) is 0 Å². The maximum absolute atomic E-state index is 12.4. The van der Waals surface area contributed by atoms with E-state index in [1.165, 1.54) is 81.0 Å². The Kier molecular flexibility index (Phi) is 12.0. The molecule has 4 aliphatic carbocycles. The number of cyclic esters (lactones) is 4. The van der Waals surface area contributed by atoms with Gasteiger partial charge >= 0.3 is 23.9 Å². The number of ether oxygens (including phenoxy) is 4. The quantitative estimate of drug-likeness (QED) is 0.0428. The van der Waals surface area contributed by atoms with Crippen LogP contribution in [0.3, 0.4) is 0 Å². The fourth-order valence-corrected chi connectivity index (χ4v) is 14.7. The molecule has 352 valence electrons. The molecular weight excluding hydrogens is 845 g/mol. The second kappa shape index (κ2) is 17.6. The van der Waals surface area contributed by atoms with Crippen LogP contribution < -0.4 is 9.47 Å². The molecule has 0 saturated heterocycles. The van der Waals surface area contributed by atoms with Crippen LogP contribution >= 0.6 is 0 Å². The Morgan fingerprint density at radius 1 is 0.612 bits per heavy atom. The van der Waals surface area contributed by atoms with Gasteiger partial charge in [0.05, 0.1) is 22.3 Å². The van der Waals surface area contributed by atoms with Crippen molar-refractivity contribution in [3.8, 4) is 11.5 Å². The lowest BCUT2D eigenvalue weighted by Gasteiger charge is -2.63. The summed E-state index contributed by atoms with van der Waals surface area (Å²) in [5.74, 6) is 3.60. The summed E-state index contributed by atoms with van der Waals surface area (Å²) < 4.78 is 21.4. The zero-order valence-corrected chi connectivity index (χ0v) is 39.5. The van der Waals surface area contributed by atoms with Crippen molar-refractivity contribution < 1.29 is 48.3 Å². The van der Waals surface area contributed by atoms with E-state index in [0.29, 0.717) is 34.0 Å². The fourth-order valence-electron chi connectivity index (χ4n) is 14.7. The molecule has 4 saturated carbocycles. The summed E-state index contributed by atoms with van der Waals surface area (Å²) in [6.45, 7) is 12.5. The summed E-state index contributed by atoms with van der Waals surface area (Å²) in [6.07, 6.45) is 14.3. The highest BCUT2D eigenvalue weighted by atomic mass is 17.1. The van der Waals surface area contributed by atoms with Crippen LogP contribution in [0, 0.1) is 52.3 Å². The number of carbonyl (C=O) groups excluding carboxylic acids is 4. The number of hydrogen-bond acceptors (Lipinski definition) is 10. The van der Waals surface area contributed by atoms with E-state index in [2.05, 4.69) is 58.9 Å². The van der Waals surface area contributed by atoms with E-state index in [0.717, 1.165) is 54.8 Å². The Morgan fingerprint density at radius 2 is 1.21 bits per heavy atom. The Balaban J connectivity index is 0.904. The monoisotopic (exact) mass is 908 g/mol. The SMILES string of the molecule is CC(C)CCCC(C)C1CCC2C3CCC4CC(c5ccc(OCOc6ccc7c(c6)C(=O)OC7=O)cc5)(c5ccc(C(OO)c6ccc7c(c6)C(=O)OC7=O)cc5)CCC4(C)C3CCC12C. The highest BCUT2D eigenvalue weighted by molar-refractivity contribution is 6.15. The zero-order valence-electron chi connectivity index (χ0n) is 39.5. The molecule has 4 fully saturated rings. The van der Waals surface area contributed by atoms with Gasteiger partial charge in [0.1, 0.15) is 17.6 Å². The molecule has 4 aromatic carbocycles. The van der Waals surface area contributed by atoms with Gasteiger partial charge in [0.25, 0.3) is 0 Å². The predicted molar refractivity (Wildman–Crippen MR) is 251 cm³/mol. The average Bonchev–Trinajstić information content (AvgIpc) is 3.93. The molecule has 10 unspecified atom stereocenters. The minimum atomic E-state index is -0.884.